The Morgan fingerprint density at radius 1 is 1.00 bits per heavy atom. The molecule has 0 bridgehead atoms. The van der Waals surface area contributed by atoms with Crippen LogP contribution in [0.2, 0.25) is 0 Å². The van der Waals surface area contributed by atoms with E-state index in [4.69, 9.17) is 4.74 Å². The Kier molecular flexibility index (Phi) is 10.7. The number of aryl methyl sites for hydroxylation is 1. The molecule has 0 saturated heterocycles. The minimum Gasteiger partial charge on any atom is -0.497 e. The molecule has 224 valence electrons. The van der Waals surface area contributed by atoms with Crippen molar-refractivity contribution in [3.63, 3.8) is 0 Å². The highest BCUT2D eigenvalue weighted by Gasteiger charge is 2.33. The summed E-state index contributed by atoms with van der Waals surface area (Å²) in [7, 11) is -2.55. The minimum atomic E-state index is -4.11. The number of hydrogen-bond donors (Lipinski definition) is 1. The topological polar surface area (TPSA) is 96.0 Å². The lowest BCUT2D eigenvalue weighted by molar-refractivity contribution is -0.139. The molecule has 0 aliphatic heterocycles. The summed E-state index contributed by atoms with van der Waals surface area (Å²) >= 11 is 3.40. The molecule has 4 rings (SSSR count). The van der Waals surface area contributed by atoms with E-state index in [0.717, 1.165) is 52.0 Å². The third kappa shape index (κ3) is 7.92. The van der Waals surface area contributed by atoms with Crippen LogP contribution in [-0.2, 0) is 26.2 Å². The van der Waals surface area contributed by atoms with Crippen molar-refractivity contribution in [2.24, 2.45) is 0 Å². The number of carbonyl (C=O) groups excluding carboxylic acids is 2. The minimum absolute atomic E-state index is 0.0728. The molecule has 1 atom stereocenters. The zero-order valence-corrected chi connectivity index (χ0v) is 26.7. The molecule has 1 fully saturated rings. The van der Waals surface area contributed by atoms with Crippen molar-refractivity contribution >= 4 is 43.5 Å². The van der Waals surface area contributed by atoms with Gasteiger partial charge in [-0.3, -0.25) is 13.9 Å². The number of halogens is 1. The van der Waals surface area contributed by atoms with Crippen molar-refractivity contribution in [3.05, 3.63) is 88.4 Å². The first-order valence-electron chi connectivity index (χ1n) is 14.2. The maximum atomic E-state index is 14.1. The molecular formula is C32H38BrN3O5S. The number of hydrogen-bond acceptors (Lipinski definition) is 5. The lowest BCUT2D eigenvalue weighted by Crippen LogP contribution is -2.53. The van der Waals surface area contributed by atoms with Crippen LogP contribution in [0.3, 0.4) is 0 Å². The Labute approximate surface area is 257 Å². The molecule has 1 aliphatic carbocycles. The number of anilines is 1. The number of amides is 2. The summed E-state index contributed by atoms with van der Waals surface area (Å²) in [6.45, 7) is 3.19. The van der Waals surface area contributed by atoms with E-state index in [0.29, 0.717) is 11.4 Å². The fourth-order valence-corrected chi connectivity index (χ4v) is 6.77. The zero-order valence-electron chi connectivity index (χ0n) is 24.3. The standard InChI is InChI=1S/C32H38BrN3O5S/c1-23-12-18-30(19-13-23)42(39,40)36(28-16-14-26(33)15-17-28)22-31(37)35(21-25-8-7-11-29(20-25)41-3)24(2)32(38)34-27-9-5-4-6-10-27/h7-8,11-20,24,27H,4-6,9-10,21-22H2,1-3H3,(H,34,38)/t24-/m0/s1. The van der Waals surface area contributed by atoms with Gasteiger partial charge < -0.3 is 15.0 Å². The number of ether oxygens (including phenoxy) is 1. The summed E-state index contributed by atoms with van der Waals surface area (Å²) in [5.41, 5.74) is 2.02. The molecule has 0 aromatic heterocycles. The van der Waals surface area contributed by atoms with Crippen LogP contribution in [0, 0.1) is 6.92 Å². The Morgan fingerprint density at radius 2 is 1.67 bits per heavy atom. The van der Waals surface area contributed by atoms with E-state index in [2.05, 4.69) is 21.2 Å². The van der Waals surface area contributed by atoms with Gasteiger partial charge in [-0.2, -0.15) is 0 Å². The summed E-state index contributed by atoms with van der Waals surface area (Å²) in [4.78, 5) is 29.1. The Balaban J connectivity index is 1.68. The summed E-state index contributed by atoms with van der Waals surface area (Å²) in [6.07, 6.45) is 5.10. The van der Waals surface area contributed by atoms with Gasteiger partial charge in [0.05, 0.1) is 17.7 Å². The van der Waals surface area contributed by atoms with Gasteiger partial charge in [-0.05, 0) is 80.8 Å². The average molecular weight is 657 g/mol. The molecule has 3 aromatic carbocycles. The first kappa shape index (κ1) is 31.6. The summed E-state index contributed by atoms with van der Waals surface area (Å²) in [5.74, 6) is -0.130. The van der Waals surface area contributed by atoms with Crippen LogP contribution in [-0.4, -0.2) is 50.9 Å². The van der Waals surface area contributed by atoms with Gasteiger partial charge in [0.15, 0.2) is 0 Å². The molecule has 1 aliphatic rings. The van der Waals surface area contributed by atoms with Gasteiger partial charge in [0.2, 0.25) is 11.8 Å². The van der Waals surface area contributed by atoms with E-state index >= 15 is 0 Å². The van der Waals surface area contributed by atoms with E-state index in [-0.39, 0.29) is 23.4 Å². The molecule has 10 heteroatoms. The van der Waals surface area contributed by atoms with Crippen molar-refractivity contribution in [2.75, 3.05) is 18.0 Å². The molecule has 0 unspecified atom stereocenters. The molecule has 0 radical (unpaired) electrons. The van der Waals surface area contributed by atoms with Crippen molar-refractivity contribution in [3.8, 4) is 5.75 Å². The smallest absolute Gasteiger partial charge is 0.264 e. The molecule has 1 N–H and O–H groups in total. The maximum Gasteiger partial charge on any atom is 0.264 e. The number of nitrogens with one attached hydrogen (secondary N) is 1. The van der Waals surface area contributed by atoms with Crippen molar-refractivity contribution in [1.82, 2.24) is 10.2 Å². The van der Waals surface area contributed by atoms with Gasteiger partial charge in [-0.15, -0.1) is 0 Å². The van der Waals surface area contributed by atoms with Crippen LogP contribution in [0.15, 0.2) is 82.2 Å². The highest BCUT2D eigenvalue weighted by Crippen LogP contribution is 2.27. The van der Waals surface area contributed by atoms with Gasteiger partial charge in [-0.1, -0.05) is 65.0 Å². The molecular weight excluding hydrogens is 618 g/mol. The van der Waals surface area contributed by atoms with Crippen molar-refractivity contribution in [1.29, 1.82) is 0 Å². The largest absolute Gasteiger partial charge is 0.497 e. The average Bonchev–Trinajstić information content (AvgIpc) is 2.99. The molecule has 2 amide bonds. The number of methoxy groups -OCH3 is 1. The van der Waals surface area contributed by atoms with Crippen LogP contribution >= 0.6 is 15.9 Å². The Morgan fingerprint density at radius 3 is 2.31 bits per heavy atom. The number of rotatable bonds is 11. The second-order valence-corrected chi connectivity index (χ2v) is 13.5. The number of sulfonamides is 1. The van der Waals surface area contributed by atoms with Crippen molar-refractivity contribution < 1.29 is 22.7 Å². The highest BCUT2D eigenvalue weighted by atomic mass is 79.9. The third-order valence-electron chi connectivity index (χ3n) is 7.61. The molecule has 8 nitrogen and oxygen atoms in total. The molecule has 3 aromatic rings. The summed E-state index contributed by atoms with van der Waals surface area (Å²) < 4.78 is 35.1. The van der Waals surface area contributed by atoms with Gasteiger partial charge in [0.1, 0.15) is 18.3 Å². The first-order valence-corrected chi connectivity index (χ1v) is 16.4. The predicted molar refractivity (Wildman–Crippen MR) is 168 cm³/mol. The van der Waals surface area contributed by atoms with Crippen molar-refractivity contribution in [2.45, 2.75) is 69.5 Å². The Bertz CT molecular complexity index is 1470. The van der Waals surface area contributed by atoms with Crippen LogP contribution in [0.4, 0.5) is 5.69 Å². The van der Waals surface area contributed by atoms with E-state index in [1.165, 1.54) is 17.0 Å². The number of carbonyl (C=O) groups is 2. The molecule has 0 spiro atoms. The second-order valence-electron chi connectivity index (χ2n) is 10.7. The van der Waals surface area contributed by atoms with Crippen LogP contribution in [0.1, 0.15) is 50.2 Å². The maximum absolute atomic E-state index is 14.1. The molecule has 1 saturated carbocycles. The highest BCUT2D eigenvalue weighted by molar-refractivity contribution is 9.10. The molecule has 42 heavy (non-hydrogen) atoms. The lowest BCUT2D eigenvalue weighted by atomic mass is 9.95. The van der Waals surface area contributed by atoms with Crippen LogP contribution in [0.5, 0.6) is 5.75 Å². The Hall–Kier alpha value is -3.37. The van der Waals surface area contributed by atoms with E-state index < -0.39 is 28.5 Å². The van der Waals surface area contributed by atoms with E-state index in [1.807, 2.05) is 25.1 Å². The second kappa shape index (κ2) is 14.2. The number of benzene rings is 3. The summed E-state index contributed by atoms with van der Waals surface area (Å²) in [6, 6.07) is 19.8. The van der Waals surface area contributed by atoms with Crippen LogP contribution in [0.25, 0.3) is 0 Å². The zero-order chi connectivity index (χ0) is 30.3. The fraction of sp³-hybridized carbons (Fsp3) is 0.375. The molecule has 0 heterocycles. The summed E-state index contributed by atoms with van der Waals surface area (Å²) in [5, 5.41) is 3.12. The van der Waals surface area contributed by atoms with E-state index in [1.54, 1.807) is 56.5 Å². The normalized spacial score (nSPS) is 14.6. The van der Waals surface area contributed by atoms with Gasteiger partial charge >= 0.3 is 0 Å². The third-order valence-corrected chi connectivity index (χ3v) is 9.93. The van der Waals surface area contributed by atoms with E-state index in [9.17, 15) is 18.0 Å². The monoisotopic (exact) mass is 655 g/mol. The SMILES string of the molecule is COc1cccc(CN(C(=O)CN(c2ccc(Br)cc2)S(=O)(=O)c2ccc(C)cc2)[C@@H](C)C(=O)NC2CCCCC2)c1. The van der Waals surface area contributed by atoms with Gasteiger partial charge in [-0.25, -0.2) is 8.42 Å². The number of nitrogens with zero attached hydrogens (tertiary/aromatic N) is 2. The van der Waals surface area contributed by atoms with Gasteiger partial charge in [0, 0.05) is 17.1 Å². The fourth-order valence-electron chi connectivity index (χ4n) is 5.09. The first-order chi connectivity index (χ1) is 20.1. The van der Waals surface area contributed by atoms with Crippen LogP contribution < -0.4 is 14.4 Å². The lowest BCUT2D eigenvalue weighted by Gasteiger charge is -2.33. The quantitative estimate of drug-likeness (QED) is 0.281. The van der Waals surface area contributed by atoms with Gasteiger partial charge in [0.25, 0.3) is 10.0 Å². The predicted octanol–water partition coefficient (Wildman–Crippen LogP) is 5.83.